The number of nitrogens with one attached hydrogen (secondary N) is 2. The summed E-state index contributed by atoms with van der Waals surface area (Å²) < 4.78 is 0. The second-order valence-electron chi connectivity index (χ2n) is 7.78. The Bertz CT molecular complexity index is 766. The summed E-state index contributed by atoms with van der Waals surface area (Å²) in [7, 11) is 0. The monoisotopic (exact) mass is 398 g/mol. The van der Waals surface area contributed by atoms with Gasteiger partial charge in [-0.1, -0.05) is 62.4 Å². The van der Waals surface area contributed by atoms with E-state index in [1.807, 2.05) is 18.2 Å². The Labute approximate surface area is 171 Å². The molecule has 1 aliphatic rings. The molecule has 0 aliphatic heterocycles. The summed E-state index contributed by atoms with van der Waals surface area (Å²) >= 11 is 1.45. The largest absolute Gasteiger partial charge is 0.351 e. The minimum absolute atomic E-state index is 0.00387. The van der Waals surface area contributed by atoms with Crippen LogP contribution < -0.4 is 10.6 Å². The van der Waals surface area contributed by atoms with Crippen molar-refractivity contribution < 1.29 is 9.59 Å². The van der Waals surface area contributed by atoms with Crippen molar-refractivity contribution in [3.8, 4) is 0 Å². The van der Waals surface area contributed by atoms with Gasteiger partial charge in [-0.25, -0.2) is 0 Å². The Kier molecular flexibility index (Phi) is 7.66. The summed E-state index contributed by atoms with van der Waals surface area (Å²) in [6.07, 6.45) is 8.45. The summed E-state index contributed by atoms with van der Waals surface area (Å²) in [5, 5.41) is 6.07. The quantitative estimate of drug-likeness (QED) is 0.677. The van der Waals surface area contributed by atoms with Gasteiger partial charge in [-0.3, -0.25) is 9.59 Å². The molecule has 3 rings (SSSR count). The normalized spacial score (nSPS) is 15.8. The van der Waals surface area contributed by atoms with Crippen LogP contribution in [0, 0.1) is 5.92 Å². The van der Waals surface area contributed by atoms with Crippen molar-refractivity contribution in [1.29, 1.82) is 0 Å². The molecule has 1 unspecified atom stereocenters. The Hall–Kier alpha value is -2.14. The lowest BCUT2D eigenvalue weighted by Crippen LogP contribution is -2.38. The Morgan fingerprint density at radius 3 is 2.54 bits per heavy atom. The molecular formula is C23H30N2O2S. The van der Waals surface area contributed by atoms with Crippen LogP contribution in [0.5, 0.6) is 0 Å². The Morgan fingerprint density at radius 2 is 1.82 bits per heavy atom. The smallest absolute Gasteiger partial charge is 0.261 e. The van der Waals surface area contributed by atoms with Gasteiger partial charge in [0.15, 0.2) is 0 Å². The fraction of sp³-hybridized carbons (Fsp3) is 0.478. The molecule has 1 aromatic carbocycles. The number of rotatable bonds is 8. The van der Waals surface area contributed by atoms with Crippen molar-refractivity contribution in [1.82, 2.24) is 10.6 Å². The molecule has 1 fully saturated rings. The third-order valence-electron chi connectivity index (χ3n) is 5.40. The number of carbonyl (C=O) groups is 2. The lowest BCUT2D eigenvalue weighted by Gasteiger charge is -2.27. The first kappa shape index (κ1) is 20.6. The number of hydrogen-bond donors (Lipinski definition) is 2. The van der Waals surface area contributed by atoms with E-state index >= 15 is 0 Å². The van der Waals surface area contributed by atoms with E-state index in [0.29, 0.717) is 17.3 Å². The van der Waals surface area contributed by atoms with Crippen molar-refractivity contribution in [3.63, 3.8) is 0 Å². The van der Waals surface area contributed by atoms with E-state index in [1.54, 1.807) is 0 Å². The topological polar surface area (TPSA) is 58.2 Å². The lowest BCUT2D eigenvalue weighted by atomic mass is 9.83. The SMILES string of the molecule is CC(=O)NCc1ccc(C(=O)NC(Cc2ccccc2)CC2CCCCC2)s1. The molecule has 0 radical (unpaired) electrons. The summed E-state index contributed by atoms with van der Waals surface area (Å²) in [4.78, 5) is 25.6. The van der Waals surface area contributed by atoms with Gasteiger partial charge < -0.3 is 10.6 Å². The Balaban J connectivity index is 1.63. The first-order valence-electron chi connectivity index (χ1n) is 10.3. The van der Waals surface area contributed by atoms with Crippen molar-refractivity contribution >= 4 is 23.2 Å². The highest BCUT2D eigenvalue weighted by atomic mass is 32.1. The zero-order valence-electron chi connectivity index (χ0n) is 16.6. The fourth-order valence-electron chi connectivity index (χ4n) is 3.98. The number of carbonyl (C=O) groups excluding carboxylic acids is 2. The average Bonchev–Trinajstić information content (AvgIpc) is 3.17. The third kappa shape index (κ3) is 6.48. The van der Waals surface area contributed by atoms with Crippen LogP contribution in [0.4, 0.5) is 0 Å². The molecule has 1 aromatic heterocycles. The van der Waals surface area contributed by atoms with Gasteiger partial charge in [0, 0.05) is 17.8 Å². The molecule has 28 heavy (non-hydrogen) atoms. The first-order chi connectivity index (χ1) is 13.6. The summed E-state index contributed by atoms with van der Waals surface area (Å²) in [5.74, 6) is 0.645. The molecule has 5 heteroatoms. The summed E-state index contributed by atoms with van der Waals surface area (Å²) in [5.41, 5.74) is 1.26. The third-order valence-corrected chi connectivity index (χ3v) is 6.48. The highest BCUT2D eigenvalue weighted by Gasteiger charge is 2.22. The summed E-state index contributed by atoms with van der Waals surface area (Å²) in [6.45, 7) is 1.98. The standard InChI is InChI=1S/C23H30N2O2S/c1-17(26)24-16-21-12-13-22(28-21)23(27)25-20(14-18-8-4-2-5-9-18)15-19-10-6-3-7-11-19/h2,4-5,8-9,12-13,19-20H,3,6-7,10-11,14-16H2,1H3,(H,24,26)(H,25,27). The van der Waals surface area contributed by atoms with Crippen LogP contribution in [-0.4, -0.2) is 17.9 Å². The second kappa shape index (κ2) is 10.4. The molecule has 2 amide bonds. The highest BCUT2D eigenvalue weighted by molar-refractivity contribution is 7.14. The van der Waals surface area contributed by atoms with Gasteiger partial charge in [-0.15, -0.1) is 11.3 Å². The van der Waals surface area contributed by atoms with Crippen LogP contribution in [0.15, 0.2) is 42.5 Å². The van der Waals surface area contributed by atoms with Crippen LogP contribution in [0.25, 0.3) is 0 Å². The molecule has 1 aliphatic carbocycles. The number of hydrogen-bond acceptors (Lipinski definition) is 3. The van der Waals surface area contributed by atoms with Gasteiger partial charge in [-0.05, 0) is 36.5 Å². The highest BCUT2D eigenvalue weighted by Crippen LogP contribution is 2.28. The van der Waals surface area contributed by atoms with E-state index in [1.165, 1.54) is 55.9 Å². The van der Waals surface area contributed by atoms with Crippen molar-refractivity contribution in [2.75, 3.05) is 0 Å². The minimum atomic E-state index is -0.0604. The molecular weight excluding hydrogens is 368 g/mol. The first-order valence-corrected chi connectivity index (χ1v) is 11.1. The predicted octanol–water partition coefficient (Wildman–Crippen LogP) is 4.70. The molecule has 2 aromatic rings. The maximum atomic E-state index is 12.9. The lowest BCUT2D eigenvalue weighted by molar-refractivity contribution is -0.119. The van der Waals surface area contributed by atoms with Crippen LogP contribution in [0.2, 0.25) is 0 Å². The van der Waals surface area contributed by atoms with Crippen LogP contribution in [0.3, 0.4) is 0 Å². The van der Waals surface area contributed by atoms with E-state index in [2.05, 4.69) is 34.9 Å². The molecule has 150 valence electrons. The molecule has 0 spiro atoms. The van der Waals surface area contributed by atoms with Gasteiger partial charge in [0.25, 0.3) is 5.91 Å². The van der Waals surface area contributed by atoms with Gasteiger partial charge in [0.2, 0.25) is 5.91 Å². The number of thiophene rings is 1. The van der Waals surface area contributed by atoms with Crippen LogP contribution in [0.1, 0.15) is 65.6 Å². The molecule has 1 saturated carbocycles. The predicted molar refractivity (Wildman–Crippen MR) is 114 cm³/mol. The Morgan fingerprint density at radius 1 is 1.07 bits per heavy atom. The minimum Gasteiger partial charge on any atom is -0.351 e. The van der Waals surface area contributed by atoms with Gasteiger partial charge in [0.05, 0.1) is 11.4 Å². The van der Waals surface area contributed by atoms with Crippen LogP contribution in [-0.2, 0) is 17.8 Å². The van der Waals surface area contributed by atoms with E-state index < -0.39 is 0 Å². The molecule has 1 atom stereocenters. The van der Waals surface area contributed by atoms with Gasteiger partial charge in [-0.2, -0.15) is 0 Å². The van der Waals surface area contributed by atoms with E-state index in [0.717, 1.165) is 17.7 Å². The fourth-order valence-corrected chi connectivity index (χ4v) is 4.83. The second-order valence-corrected chi connectivity index (χ2v) is 8.94. The van der Waals surface area contributed by atoms with Crippen LogP contribution >= 0.6 is 11.3 Å². The van der Waals surface area contributed by atoms with Gasteiger partial charge in [0.1, 0.15) is 0 Å². The van der Waals surface area contributed by atoms with E-state index in [4.69, 9.17) is 0 Å². The zero-order chi connectivity index (χ0) is 19.8. The van der Waals surface area contributed by atoms with E-state index in [9.17, 15) is 9.59 Å². The van der Waals surface area contributed by atoms with Crippen molar-refractivity contribution in [3.05, 3.63) is 57.8 Å². The number of amides is 2. The number of benzene rings is 1. The molecule has 4 nitrogen and oxygen atoms in total. The molecule has 0 saturated heterocycles. The molecule has 0 bridgehead atoms. The zero-order valence-corrected chi connectivity index (χ0v) is 17.4. The average molecular weight is 399 g/mol. The molecule has 2 N–H and O–H groups in total. The maximum Gasteiger partial charge on any atom is 0.261 e. The van der Waals surface area contributed by atoms with Crippen molar-refractivity contribution in [2.24, 2.45) is 5.92 Å². The molecule has 1 heterocycles. The summed E-state index contributed by atoms with van der Waals surface area (Å²) in [6, 6.07) is 14.3. The van der Waals surface area contributed by atoms with Crippen molar-refractivity contribution in [2.45, 2.75) is 64.5 Å². The maximum absolute atomic E-state index is 12.9. The van der Waals surface area contributed by atoms with Gasteiger partial charge >= 0.3 is 0 Å². The van der Waals surface area contributed by atoms with E-state index in [-0.39, 0.29) is 17.9 Å².